The van der Waals surface area contributed by atoms with Crippen molar-refractivity contribution in [2.45, 2.75) is 135 Å². The summed E-state index contributed by atoms with van der Waals surface area (Å²) in [6.07, 6.45) is 4.82. The third-order valence-electron chi connectivity index (χ3n) is 8.06. The second-order valence-electron chi connectivity index (χ2n) is 13.3. The zero-order valence-electron chi connectivity index (χ0n) is 26.0. The van der Waals surface area contributed by atoms with Gasteiger partial charge in [-0.05, 0) is 91.1 Å². The van der Waals surface area contributed by atoms with Gasteiger partial charge < -0.3 is 30.7 Å². The molecule has 1 saturated heterocycles. The lowest BCUT2D eigenvalue weighted by Gasteiger charge is -2.33. The van der Waals surface area contributed by atoms with Gasteiger partial charge in [0.2, 0.25) is 11.8 Å². The van der Waals surface area contributed by atoms with Gasteiger partial charge in [0.25, 0.3) is 5.91 Å². The maximum atomic E-state index is 14.0. The van der Waals surface area contributed by atoms with E-state index in [9.17, 15) is 29.1 Å². The van der Waals surface area contributed by atoms with Crippen LogP contribution < -0.4 is 16.0 Å². The molecule has 4 N–H and O–H groups in total. The van der Waals surface area contributed by atoms with Crippen LogP contribution in [0.5, 0.6) is 0 Å². The average molecular weight is 591 g/mol. The lowest BCUT2D eigenvalue weighted by atomic mass is 9.92. The molecule has 0 bridgehead atoms. The van der Waals surface area contributed by atoms with Crippen molar-refractivity contribution in [1.82, 2.24) is 20.9 Å². The minimum atomic E-state index is -1.40. The Bertz CT molecular complexity index is 1040. The second-order valence-corrected chi connectivity index (χ2v) is 13.3. The summed E-state index contributed by atoms with van der Waals surface area (Å²) < 4.78 is 5.40. The molecule has 0 spiro atoms. The molecule has 42 heavy (non-hydrogen) atoms. The zero-order chi connectivity index (χ0) is 31.2. The number of hydrogen-bond donors (Lipinski definition) is 4. The SMILES string of the molecule is CCC[C@H](NC(=O)[C@@H]1[C@H]2CCC[C@H]2CN1C(=O)[C@H](CCC(=O)C=C(C)C)NC(=O)OC(C)(C)C)C(O)C(=O)NC1CC1. The number of carbonyl (C=O) groups excluding carboxylic acids is 5. The highest BCUT2D eigenvalue weighted by Gasteiger charge is 2.51. The van der Waals surface area contributed by atoms with Crippen molar-refractivity contribution in [1.29, 1.82) is 0 Å². The number of rotatable bonds is 13. The van der Waals surface area contributed by atoms with Gasteiger partial charge in [-0.2, -0.15) is 0 Å². The lowest BCUT2D eigenvalue weighted by Crippen LogP contribution is -2.58. The molecule has 3 aliphatic rings. The number of alkyl carbamates (subject to hydrolysis) is 1. The Balaban J connectivity index is 1.81. The molecule has 4 amide bonds. The third-order valence-corrected chi connectivity index (χ3v) is 8.06. The average Bonchev–Trinajstić information content (AvgIpc) is 3.44. The Morgan fingerprint density at radius 1 is 1.02 bits per heavy atom. The van der Waals surface area contributed by atoms with Gasteiger partial charge in [-0.1, -0.05) is 25.3 Å². The van der Waals surface area contributed by atoms with Crippen LogP contribution in [0, 0.1) is 11.8 Å². The van der Waals surface area contributed by atoms with Gasteiger partial charge in [0.05, 0.1) is 6.04 Å². The van der Waals surface area contributed by atoms with Crippen LogP contribution in [0.1, 0.15) is 99.3 Å². The van der Waals surface area contributed by atoms with E-state index in [-0.39, 0.29) is 36.5 Å². The first-order chi connectivity index (χ1) is 19.7. The van der Waals surface area contributed by atoms with E-state index in [1.807, 2.05) is 20.8 Å². The minimum absolute atomic E-state index is 0.0375. The summed E-state index contributed by atoms with van der Waals surface area (Å²) >= 11 is 0. The van der Waals surface area contributed by atoms with Crippen LogP contribution in [-0.2, 0) is 23.9 Å². The van der Waals surface area contributed by atoms with Crippen LogP contribution in [0.4, 0.5) is 4.79 Å². The fourth-order valence-electron chi connectivity index (χ4n) is 6.04. The summed E-state index contributed by atoms with van der Waals surface area (Å²) in [6.45, 7) is 11.0. The molecule has 2 saturated carbocycles. The number of nitrogens with zero attached hydrogens (tertiary/aromatic N) is 1. The molecule has 1 aliphatic heterocycles. The van der Waals surface area contributed by atoms with Gasteiger partial charge in [-0.15, -0.1) is 0 Å². The first-order valence-corrected chi connectivity index (χ1v) is 15.5. The Morgan fingerprint density at radius 2 is 1.71 bits per heavy atom. The predicted octanol–water partition coefficient (Wildman–Crippen LogP) is 2.75. The number of aliphatic hydroxyl groups excluding tert-OH is 1. The van der Waals surface area contributed by atoms with Crippen LogP contribution in [0.25, 0.3) is 0 Å². The van der Waals surface area contributed by atoms with Gasteiger partial charge >= 0.3 is 6.09 Å². The molecule has 11 nitrogen and oxygen atoms in total. The topological polar surface area (TPSA) is 154 Å². The first kappa shape index (κ1) is 33.6. The highest BCUT2D eigenvalue weighted by Crippen LogP contribution is 2.42. The summed E-state index contributed by atoms with van der Waals surface area (Å²) in [6, 6.07) is -2.59. The number of fused-ring (bicyclic) bond motifs is 1. The van der Waals surface area contributed by atoms with Gasteiger partial charge in [0.1, 0.15) is 17.7 Å². The number of nitrogens with one attached hydrogen (secondary N) is 3. The number of carbonyl (C=O) groups is 5. The van der Waals surface area contributed by atoms with E-state index < -0.39 is 53.6 Å². The fraction of sp³-hybridized carbons (Fsp3) is 0.774. The highest BCUT2D eigenvalue weighted by atomic mass is 16.6. The number of likely N-dealkylation sites (tertiary alicyclic amines) is 1. The number of ether oxygens (including phenoxy) is 1. The molecule has 0 radical (unpaired) electrons. The molecule has 3 fully saturated rings. The van der Waals surface area contributed by atoms with Crippen LogP contribution in [0.15, 0.2) is 11.6 Å². The third kappa shape index (κ3) is 9.54. The molecule has 6 atom stereocenters. The van der Waals surface area contributed by atoms with Crippen molar-refractivity contribution < 1.29 is 33.8 Å². The summed E-state index contributed by atoms with van der Waals surface area (Å²) in [5.74, 6) is -1.45. The lowest BCUT2D eigenvalue weighted by molar-refractivity contribution is -0.142. The molecular formula is C31H50N4O7. The van der Waals surface area contributed by atoms with E-state index in [1.165, 1.54) is 11.0 Å². The fourth-order valence-corrected chi connectivity index (χ4v) is 6.04. The van der Waals surface area contributed by atoms with Crippen LogP contribution in [0.2, 0.25) is 0 Å². The van der Waals surface area contributed by atoms with Crippen molar-refractivity contribution in [3.8, 4) is 0 Å². The van der Waals surface area contributed by atoms with E-state index in [4.69, 9.17) is 4.74 Å². The molecule has 0 aromatic rings. The summed E-state index contributed by atoms with van der Waals surface area (Å²) in [4.78, 5) is 67.2. The smallest absolute Gasteiger partial charge is 0.408 e. The molecule has 11 heteroatoms. The van der Waals surface area contributed by atoms with Crippen molar-refractivity contribution in [3.63, 3.8) is 0 Å². The number of hydrogen-bond acceptors (Lipinski definition) is 7. The minimum Gasteiger partial charge on any atom is -0.444 e. The van der Waals surface area contributed by atoms with Crippen molar-refractivity contribution in [3.05, 3.63) is 11.6 Å². The molecular weight excluding hydrogens is 540 g/mol. The highest BCUT2D eigenvalue weighted by molar-refractivity contribution is 5.94. The van der Waals surface area contributed by atoms with Gasteiger partial charge in [0.15, 0.2) is 11.9 Å². The maximum Gasteiger partial charge on any atom is 0.408 e. The monoisotopic (exact) mass is 590 g/mol. The number of aliphatic hydroxyl groups is 1. The van der Waals surface area contributed by atoms with E-state index in [2.05, 4.69) is 16.0 Å². The van der Waals surface area contributed by atoms with Crippen LogP contribution in [-0.4, -0.2) is 82.0 Å². The zero-order valence-corrected chi connectivity index (χ0v) is 26.0. The second kappa shape index (κ2) is 14.5. The first-order valence-electron chi connectivity index (χ1n) is 15.5. The van der Waals surface area contributed by atoms with Crippen LogP contribution in [0.3, 0.4) is 0 Å². The van der Waals surface area contributed by atoms with E-state index in [1.54, 1.807) is 20.8 Å². The molecule has 1 heterocycles. The van der Waals surface area contributed by atoms with E-state index >= 15 is 0 Å². The van der Waals surface area contributed by atoms with Gasteiger partial charge in [-0.3, -0.25) is 19.2 Å². The summed E-state index contributed by atoms with van der Waals surface area (Å²) in [7, 11) is 0. The van der Waals surface area contributed by atoms with Crippen molar-refractivity contribution in [2.75, 3.05) is 6.54 Å². The molecule has 1 unspecified atom stereocenters. The molecule has 0 aromatic heterocycles. The van der Waals surface area contributed by atoms with Crippen molar-refractivity contribution in [2.24, 2.45) is 11.8 Å². The number of amides is 4. The molecule has 0 aromatic carbocycles. The van der Waals surface area contributed by atoms with Gasteiger partial charge in [0, 0.05) is 19.0 Å². The number of allylic oxidation sites excluding steroid dienone is 2. The Kier molecular flexibility index (Phi) is 11.6. The maximum absolute atomic E-state index is 14.0. The normalized spacial score (nSPS) is 23.7. The summed E-state index contributed by atoms with van der Waals surface area (Å²) in [5, 5.41) is 19.1. The Morgan fingerprint density at radius 3 is 2.31 bits per heavy atom. The van der Waals surface area contributed by atoms with Gasteiger partial charge in [-0.25, -0.2) is 4.79 Å². The molecule has 2 aliphatic carbocycles. The number of ketones is 1. The Hall–Kier alpha value is -2.95. The summed E-state index contributed by atoms with van der Waals surface area (Å²) in [5.41, 5.74) is 0.0468. The molecule has 236 valence electrons. The van der Waals surface area contributed by atoms with Crippen molar-refractivity contribution >= 4 is 29.6 Å². The standard InChI is InChI=1S/C31H50N4O7/c1-7-9-23(26(37)28(39)32-20-12-13-20)33-27(38)25-22-11-8-10-19(22)17-35(25)29(40)24(15-14-21(36)16-18(2)3)34-30(41)42-31(4,5)6/h16,19-20,22-26,37H,7-15,17H2,1-6H3,(H,32,39)(H,33,38)(H,34,41)/t19-,22-,23-,24-,25-,26?/m0/s1. The van der Waals surface area contributed by atoms with E-state index in [0.717, 1.165) is 37.7 Å². The molecule has 3 rings (SSSR count). The predicted molar refractivity (Wildman–Crippen MR) is 157 cm³/mol. The largest absolute Gasteiger partial charge is 0.444 e. The van der Waals surface area contributed by atoms with Crippen LogP contribution >= 0.6 is 0 Å². The Labute approximate surface area is 249 Å². The quantitative estimate of drug-likeness (QED) is 0.241. The van der Waals surface area contributed by atoms with E-state index in [0.29, 0.717) is 19.4 Å².